The van der Waals surface area contributed by atoms with Crippen molar-refractivity contribution in [2.24, 2.45) is 7.05 Å². The molecule has 0 aliphatic heterocycles. The van der Waals surface area contributed by atoms with Crippen molar-refractivity contribution in [1.82, 2.24) is 23.1 Å². The van der Waals surface area contributed by atoms with Gasteiger partial charge in [-0.15, -0.1) is 0 Å². The van der Waals surface area contributed by atoms with Crippen molar-refractivity contribution in [2.45, 2.75) is 25.8 Å². The SMILES string of the molecule is CNS(=O)(=O)NC(=O)Nc1cccc(-n2c(=O)n(C3CC3)c(=O)c3c(Nc4ccc(I)cc4F)n(C)c(=O)c(C)c32)c1. The number of amides is 2. The van der Waals surface area contributed by atoms with E-state index < -0.39 is 38.9 Å². The molecule has 1 aliphatic carbocycles. The van der Waals surface area contributed by atoms with E-state index in [4.69, 9.17) is 0 Å². The summed E-state index contributed by atoms with van der Waals surface area (Å²) in [5.41, 5.74) is -1.41. The molecule has 0 radical (unpaired) electrons. The van der Waals surface area contributed by atoms with Gasteiger partial charge in [-0.05, 0) is 78.8 Å². The van der Waals surface area contributed by atoms with Crippen LogP contribution in [0.4, 0.5) is 26.4 Å². The number of hydrogen-bond acceptors (Lipinski definition) is 7. The Balaban J connectivity index is 1.77. The highest BCUT2D eigenvalue weighted by atomic mass is 127. The van der Waals surface area contributed by atoms with E-state index in [1.807, 2.05) is 27.3 Å². The van der Waals surface area contributed by atoms with E-state index in [-0.39, 0.29) is 45.4 Å². The molecule has 220 valence electrons. The number of pyridine rings is 1. The fourth-order valence-electron chi connectivity index (χ4n) is 4.63. The number of anilines is 3. The maximum absolute atomic E-state index is 14.9. The number of carbonyl (C=O) groups is 1. The standard InChI is InChI=1S/C26H25FIN7O6S/c1-13-21-20(22(33(3)23(13)36)31-19-10-7-14(28)11-18(19)27)24(37)35(16-8-9-16)26(39)34(21)17-6-4-5-15(12-17)30-25(38)32-42(40,41)29-2/h4-7,10-12,16,29,31H,8-9H2,1-3H3,(H2,30,32,38). The monoisotopic (exact) mass is 709 g/mol. The van der Waals surface area contributed by atoms with Crippen molar-refractivity contribution in [2.75, 3.05) is 17.7 Å². The number of fused-ring (bicyclic) bond motifs is 1. The van der Waals surface area contributed by atoms with E-state index in [0.717, 1.165) is 11.6 Å². The average molecular weight is 709 g/mol. The Morgan fingerprint density at radius 1 is 1.07 bits per heavy atom. The van der Waals surface area contributed by atoms with Crippen LogP contribution < -0.4 is 36.9 Å². The first-order valence-corrected chi connectivity index (χ1v) is 15.1. The summed E-state index contributed by atoms with van der Waals surface area (Å²) >= 11 is 1.96. The summed E-state index contributed by atoms with van der Waals surface area (Å²) in [6, 6.07) is 8.95. The third kappa shape index (κ3) is 5.43. The average Bonchev–Trinajstić information content (AvgIpc) is 3.76. The highest BCUT2D eigenvalue weighted by Gasteiger charge is 2.31. The highest BCUT2D eigenvalue weighted by molar-refractivity contribution is 14.1. The minimum absolute atomic E-state index is 0.000197. The molecule has 16 heteroatoms. The second kappa shape index (κ2) is 11.0. The lowest BCUT2D eigenvalue weighted by atomic mass is 10.1. The van der Waals surface area contributed by atoms with Gasteiger partial charge in [0.2, 0.25) is 0 Å². The number of nitrogens with zero attached hydrogens (tertiary/aromatic N) is 3. The van der Waals surface area contributed by atoms with Crippen LogP contribution in [0.5, 0.6) is 0 Å². The molecule has 0 bridgehead atoms. The summed E-state index contributed by atoms with van der Waals surface area (Å²) in [6.07, 6.45) is 1.20. The van der Waals surface area contributed by atoms with Gasteiger partial charge in [-0.25, -0.2) is 23.4 Å². The molecular formula is C26H25FIN7O6S. The molecule has 0 unspecified atom stereocenters. The van der Waals surface area contributed by atoms with Gasteiger partial charge in [-0.1, -0.05) is 6.07 Å². The zero-order chi connectivity index (χ0) is 30.5. The van der Waals surface area contributed by atoms with Gasteiger partial charge in [0.1, 0.15) is 17.0 Å². The summed E-state index contributed by atoms with van der Waals surface area (Å²) in [6.45, 7) is 1.48. The molecule has 4 N–H and O–H groups in total. The number of aromatic nitrogens is 3. The van der Waals surface area contributed by atoms with Crippen LogP contribution in [-0.2, 0) is 17.3 Å². The lowest BCUT2D eigenvalue weighted by Crippen LogP contribution is -2.41. The van der Waals surface area contributed by atoms with Gasteiger partial charge in [0.15, 0.2) is 0 Å². The van der Waals surface area contributed by atoms with E-state index >= 15 is 0 Å². The van der Waals surface area contributed by atoms with Crippen molar-refractivity contribution in [3.8, 4) is 5.69 Å². The molecule has 1 saturated carbocycles. The topological polar surface area (TPSA) is 165 Å². The first-order valence-electron chi connectivity index (χ1n) is 12.6. The zero-order valence-corrected chi connectivity index (χ0v) is 25.5. The smallest absolute Gasteiger partial charge is 0.336 e. The van der Waals surface area contributed by atoms with Crippen LogP contribution in [0.1, 0.15) is 24.4 Å². The Hall–Kier alpha value is -4.03. The third-order valence-electron chi connectivity index (χ3n) is 6.80. The first-order chi connectivity index (χ1) is 19.8. The molecule has 2 amide bonds. The van der Waals surface area contributed by atoms with Gasteiger partial charge in [0.05, 0.1) is 16.9 Å². The Bertz CT molecular complexity index is 2070. The van der Waals surface area contributed by atoms with Crippen molar-refractivity contribution < 1.29 is 17.6 Å². The van der Waals surface area contributed by atoms with Crippen molar-refractivity contribution in [3.63, 3.8) is 0 Å². The number of rotatable bonds is 7. The Labute approximate surface area is 251 Å². The molecule has 0 spiro atoms. The quantitative estimate of drug-likeness (QED) is 0.214. The zero-order valence-electron chi connectivity index (χ0n) is 22.5. The predicted molar refractivity (Wildman–Crippen MR) is 165 cm³/mol. The second-order valence-electron chi connectivity index (χ2n) is 9.65. The Morgan fingerprint density at radius 2 is 1.79 bits per heavy atom. The lowest BCUT2D eigenvalue weighted by molar-refractivity contribution is 0.256. The summed E-state index contributed by atoms with van der Waals surface area (Å²) in [5.74, 6) is -0.601. The van der Waals surface area contributed by atoms with Crippen LogP contribution in [0, 0.1) is 16.3 Å². The van der Waals surface area contributed by atoms with Crippen molar-refractivity contribution in [3.05, 3.63) is 88.6 Å². The van der Waals surface area contributed by atoms with E-state index in [9.17, 15) is 32.0 Å². The summed E-state index contributed by atoms with van der Waals surface area (Å²) in [5, 5.41) is 5.28. The van der Waals surface area contributed by atoms with Gasteiger partial charge in [0, 0.05) is 35.0 Å². The highest BCUT2D eigenvalue weighted by Crippen LogP contribution is 2.34. The number of carbonyl (C=O) groups excluding carboxylic acids is 1. The molecule has 2 aromatic carbocycles. The molecule has 42 heavy (non-hydrogen) atoms. The van der Waals surface area contributed by atoms with Crippen molar-refractivity contribution >= 4 is 66.9 Å². The molecule has 0 saturated heterocycles. The van der Waals surface area contributed by atoms with Crippen LogP contribution in [0.15, 0.2) is 56.8 Å². The maximum Gasteiger partial charge on any atom is 0.336 e. The maximum atomic E-state index is 14.9. The molecule has 1 fully saturated rings. The van der Waals surface area contributed by atoms with Crippen LogP contribution in [0.25, 0.3) is 16.6 Å². The van der Waals surface area contributed by atoms with Crippen LogP contribution in [0.2, 0.25) is 0 Å². The molecule has 2 aromatic heterocycles. The molecule has 5 rings (SSSR count). The minimum atomic E-state index is -4.08. The van der Waals surface area contributed by atoms with Crippen molar-refractivity contribution in [1.29, 1.82) is 0 Å². The van der Waals surface area contributed by atoms with E-state index in [1.54, 1.807) is 16.9 Å². The normalized spacial score (nSPS) is 13.3. The molecule has 2 heterocycles. The molecule has 0 atom stereocenters. The fourth-order valence-corrected chi connectivity index (χ4v) is 5.48. The summed E-state index contributed by atoms with van der Waals surface area (Å²) in [4.78, 5) is 53.5. The number of urea groups is 1. The Morgan fingerprint density at radius 3 is 2.43 bits per heavy atom. The summed E-state index contributed by atoms with van der Waals surface area (Å²) in [7, 11) is -1.50. The summed E-state index contributed by atoms with van der Waals surface area (Å²) < 4.78 is 46.2. The number of halogens is 2. The second-order valence-corrected chi connectivity index (χ2v) is 12.5. The molecule has 4 aromatic rings. The number of nitrogens with one attached hydrogen (secondary N) is 4. The lowest BCUT2D eigenvalue weighted by Gasteiger charge is -2.21. The van der Waals surface area contributed by atoms with Crippen LogP contribution in [-0.4, -0.2) is 35.2 Å². The molecule has 13 nitrogen and oxygen atoms in total. The fraction of sp³-hybridized carbons (Fsp3) is 0.231. The predicted octanol–water partition coefficient (Wildman–Crippen LogP) is 2.57. The minimum Gasteiger partial charge on any atom is -0.338 e. The first kappa shape index (κ1) is 29.5. The van der Waals surface area contributed by atoms with E-state index in [0.29, 0.717) is 16.4 Å². The number of aryl methyl sites for hydroxylation is 1. The van der Waals surface area contributed by atoms with E-state index in [2.05, 4.69) is 10.6 Å². The number of benzene rings is 2. The van der Waals surface area contributed by atoms with Crippen LogP contribution >= 0.6 is 22.6 Å². The van der Waals surface area contributed by atoms with Gasteiger partial charge in [-0.2, -0.15) is 8.42 Å². The Kier molecular flexibility index (Phi) is 7.71. The van der Waals surface area contributed by atoms with E-state index in [1.165, 1.54) is 53.4 Å². The van der Waals surface area contributed by atoms with Gasteiger partial charge in [-0.3, -0.25) is 23.3 Å². The van der Waals surface area contributed by atoms with Gasteiger partial charge in [0.25, 0.3) is 11.1 Å². The third-order valence-corrected chi connectivity index (χ3v) is 8.46. The number of hydrogen-bond donors (Lipinski definition) is 4. The molecular weight excluding hydrogens is 684 g/mol. The van der Waals surface area contributed by atoms with Crippen LogP contribution in [0.3, 0.4) is 0 Å². The largest absolute Gasteiger partial charge is 0.338 e. The van der Waals surface area contributed by atoms with Gasteiger partial charge < -0.3 is 10.6 Å². The molecule has 1 aliphatic rings. The van der Waals surface area contributed by atoms with Gasteiger partial charge >= 0.3 is 21.9 Å².